The van der Waals surface area contributed by atoms with E-state index in [-0.39, 0.29) is 17.6 Å². The van der Waals surface area contributed by atoms with Gasteiger partial charge < -0.3 is 10.5 Å². The molecular formula is C13H13BrFNOS. The fourth-order valence-electron chi connectivity index (χ4n) is 1.77. The fraction of sp³-hybridized carbons (Fsp3) is 0.231. The highest BCUT2D eigenvalue weighted by atomic mass is 79.9. The maximum absolute atomic E-state index is 14.0. The van der Waals surface area contributed by atoms with Crippen molar-refractivity contribution < 1.29 is 9.13 Å². The summed E-state index contributed by atoms with van der Waals surface area (Å²) in [6, 6.07) is 6.83. The van der Waals surface area contributed by atoms with Crippen LogP contribution in [0.1, 0.15) is 16.5 Å². The van der Waals surface area contributed by atoms with E-state index in [0.717, 1.165) is 9.35 Å². The molecule has 0 fully saturated rings. The second-order valence-corrected chi connectivity index (χ2v) is 5.68. The van der Waals surface area contributed by atoms with Gasteiger partial charge >= 0.3 is 0 Å². The minimum atomic E-state index is -0.330. The molecule has 1 aromatic heterocycles. The molecule has 0 aliphatic rings. The highest BCUT2D eigenvalue weighted by Crippen LogP contribution is 2.31. The van der Waals surface area contributed by atoms with Gasteiger partial charge in [0.05, 0.1) is 7.11 Å². The summed E-state index contributed by atoms with van der Waals surface area (Å²) < 4.78 is 19.9. The molecule has 5 heteroatoms. The topological polar surface area (TPSA) is 35.2 Å². The van der Waals surface area contributed by atoms with Crippen molar-refractivity contribution in [3.05, 3.63) is 50.4 Å². The molecule has 2 nitrogen and oxygen atoms in total. The largest absolute Gasteiger partial charge is 0.494 e. The third kappa shape index (κ3) is 2.74. The van der Waals surface area contributed by atoms with Crippen LogP contribution in [0.4, 0.5) is 4.39 Å². The summed E-state index contributed by atoms with van der Waals surface area (Å²) in [4.78, 5) is 1.03. The van der Waals surface area contributed by atoms with Crippen molar-refractivity contribution in [2.24, 2.45) is 5.73 Å². The Morgan fingerprint density at radius 3 is 2.83 bits per heavy atom. The molecule has 2 aromatic rings. The Balaban J connectivity index is 2.22. The van der Waals surface area contributed by atoms with E-state index in [2.05, 4.69) is 15.9 Å². The van der Waals surface area contributed by atoms with Crippen molar-refractivity contribution in [2.75, 3.05) is 7.11 Å². The zero-order valence-corrected chi connectivity index (χ0v) is 12.2. The first-order valence-electron chi connectivity index (χ1n) is 5.43. The number of benzene rings is 1. The van der Waals surface area contributed by atoms with Crippen molar-refractivity contribution >= 4 is 27.3 Å². The van der Waals surface area contributed by atoms with E-state index in [1.807, 2.05) is 11.4 Å². The van der Waals surface area contributed by atoms with Crippen LogP contribution >= 0.6 is 27.3 Å². The second-order valence-electron chi connectivity index (χ2n) is 3.88. The van der Waals surface area contributed by atoms with Crippen LogP contribution in [0.2, 0.25) is 0 Å². The molecule has 0 aliphatic carbocycles. The summed E-state index contributed by atoms with van der Waals surface area (Å²) in [6.45, 7) is 0. The number of halogens is 2. The summed E-state index contributed by atoms with van der Waals surface area (Å²) in [7, 11) is 1.46. The Kier molecular flexibility index (Phi) is 4.37. The fourth-order valence-corrected chi connectivity index (χ4v) is 3.44. The quantitative estimate of drug-likeness (QED) is 0.923. The van der Waals surface area contributed by atoms with Crippen LogP contribution in [0.3, 0.4) is 0 Å². The number of rotatable bonds is 4. The van der Waals surface area contributed by atoms with Crippen molar-refractivity contribution in [3.8, 4) is 5.75 Å². The molecule has 1 atom stereocenters. The smallest absolute Gasteiger partial charge is 0.168 e. The Morgan fingerprint density at radius 2 is 2.22 bits per heavy atom. The average molecular weight is 330 g/mol. The van der Waals surface area contributed by atoms with E-state index in [1.165, 1.54) is 7.11 Å². The monoisotopic (exact) mass is 329 g/mol. The zero-order chi connectivity index (χ0) is 13.1. The lowest BCUT2D eigenvalue weighted by molar-refractivity contribution is 0.383. The van der Waals surface area contributed by atoms with Gasteiger partial charge in [-0.2, -0.15) is 0 Å². The number of ether oxygens (including phenoxy) is 1. The van der Waals surface area contributed by atoms with Gasteiger partial charge in [0.25, 0.3) is 0 Å². The first-order chi connectivity index (χ1) is 8.63. The van der Waals surface area contributed by atoms with Crippen molar-refractivity contribution in [2.45, 2.75) is 12.5 Å². The third-order valence-electron chi connectivity index (χ3n) is 2.68. The van der Waals surface area contributed by atoms with Gasteiger partial charge in [-0.05, 0) is 45.4 Å². The van der Waals surface area contributed by atoms with E-state index < -0.39 is 0 Å². The highest BCUT2D eigenvalue weighted by molar-refractivity contribution is 9.10. The van der Waals surface area contributed by atoms with E-state index in [1.54, 1.807) is 29.5 Å². The number of methoxy groups -OCH3 is 1. The molecule has 1 unspecified atom stereocenters. The van der Waals surface area contributed by atoms with E-state index in [0.29, 0.717) is 12.0 Å². The summed E-state index contributed by atoms with van der Waals surface area (Å²) in [5.41, 5.74) is 6.68. The molecule has 0 spiro atoms. The molecule has 2 N–H and O–H groups in total. The van der Waals surface area contributed by atoms with Crippen LogP contribution in [-0.4, -0.2) is 7.11 Å². The van der Waals surface area contributed by atoms with Crippen LogP contribution < -0.4 is 10.5 Å². The molecule has 0 radical (unpaired) electrons. The van der Waals surface area contributed by atoms with E-state index >= 15 is 0 Å². The lowest BCUT2D eigenvalue weighted by Gasteiger charge is -2.12. The Hall–Kier alpha value is -0.910. The number of thiophene rings is 1. The molecule has 0 amide bonds. The van der Waals surface area contributed by atoms with Crippen LogP contribution in [0.5, 0.6) is 5.75 Å². The molecule has 0 aliphatic heterocycles. The third-order valence-corrected chi connectivity index (χ3v) is 4.69. The van der Waals surface area contributed by atoms with Crippen LogP contribution in [0, 0.1) is 5.82 Å². The van der Waals surface area contributed by atoms with Gasteiger partial charge in [-0.1, -0.05) is 12.1 Å². The number of hydrogen-bond donors (Lipinski definition) is 1. The van der Waals surface area contributed by atoms with Crippen molar-refractivity contribution in [1.29, 1.82) is 0 Å². The highest BCUT2D eigenvalue weighted by Gasteiger charge is 2.16. The SMILES string of the molecule is COc1cccc(CC(N)c2sccc2Br)c1F. The Labute approximate surface area is 118 Å². The molecule has 0 bridgehead atoms. The first kappa shape index (κ1) is 13.5. The van der Waals surface area contributed by atoms with Crippen molar-refractivity contribution in [1.82, 2.24) is 0 Å². The molecule has 2 rings (SSSR count). The minimum absolute atomic E-state index is 0.221. The van der Waals surface area contributed by atoms with Gasteiger partial charge in [0.1, 0.15) is 0 Å². The molecule has 0 saturated carbocycles. The van der Waals surface area contributed by atoms with E-state index in [9.17, 15) is 4.39 Å². The predicted molar refractivity (Wildman–Crippen MR) is 75.6 cm³/mol. The second kappa shape index (κ2) is 5.82. The molecule has 18 heavy (non-hydrogen) atoms. The van der Waals surface area contributed by atoms with Gasteiger partial charge in [-0.25, -0.2) is 4.39 Å². The molecular weight excluding hydrogens is 317 g/mol. The number of hydrogen-bond acceptors (Lipinski definition) is 3. The maximum atomic E-state index is 14.0. The molecule has 1 aromatic carbocycles. The average Bonchev–Trinajstić information content (AvgIpc) is 2.78. The van der Waals surface area contributed by atoms with Gasteiger partial charge in [0.2, 0.25) is 0 Å². The molecule has 1 heterocycles. The predicted octanol–water partition coefficient (Wildman–Crippen LogP) is 3.90. The molecule has 0 saturated heterocycles. The minimum Gasteiger partial charge on any atom is -0.494 e. The summed E-state index contributed by atoms with van der Waals surface area (Å²) in [5, 5.41) is 1.96. The van der Waals surface area contributed by atoms with Crippen LogP contribution in [0.15, 0.2) is 34.1 Å². The lowest BCUT2D eigenvalue weighted by Crippen LogP contribution is -2.13. The van der Waals surface area contributed by atoms with Gasteiger partial charge in [0, 0.05) is 15.4 Å². The summed E-state index contributed by atoms with van der Waals surface area (Å²) in [5.74, 6) is -0.0759. The summed E-state index contributed by atoms with van der Waals surface area (Å²) in [6.07, 6.45) is 0.447. The standard InChI is InChI=1S/C13H13BrFNOS/c1-17-11-4-2-3-8(12(11)15)7-10(16)13-9(14)5-6-18-13/h2-6,10H,7,16H2,1H3. The van der Waals surface area contributed by atoms with Crippen LogP contribution in [-0.2, 0) is 6.42 Å². The zero-order valence-electron chi connectivity index (χ0n) is 9.82. The van der Waals surface area contributed by atoms with Gasteiger partial charge in [-0.15, -0.1) is 11.3 Å². The van der Waals surface area contributed by atoms with Gasteiger partial charge in [0.15, 0.2) is 11.6 Å². The number of nitrogens with two attached hydrogens (primary N) is 1. The van der Waals surface area contributed by atoms with Crippen molar-refractivity contribution in [3.63, 3.8) is 0 Å². The maximum Gasteiger partial charge on any atom is 0.168 e. The van der Waals surface area contributed by atoms with Gasteiger partial charge in [-0.3, -0.25) is 0 Å². The lowest BCUT2D eigenvalue weighted by atomic mass is 10.0. The summed E-state index contributed by atoms with van der Waals surface area (Å²) >= 11 is 5.01. The normalized spacial score (nSPS) is 12.4. The Morgan fingerprint density at radius 1 is 1.44 bits per heavy atom. The molecule has 96 valence electrons. The van der Waals surface area contributed by atoms with E-state index in [4.69, 9.17) is 10.5 Å². The Bertz CT molecular complexity index is 544. The first-order valence-corrected chi connectivity index (χ1v) is 7.10. The van der Waals surface area contributed by atoms with Crippen LogP contribution in [0.25, 0.3) is 0 Å².